The summed E-state index contributed by atoms with van der Waals surface area (Å²) in [7, 11) is 0. The third kappa shape index (κ3) is 3.26. The standard InChI is InChI=1S/C20H25N3O4/c1-14(23-16-6-2-3-7-17(16)27-20(23)26)18(24)22-12-8-15(9-13-22)19(25)21-10-4-5-11-21/h2-3,6-7,14-15H,4-5,8-13H2,1H3. The Morgan fingerprint density at radius 3 is 2.41 bits per heavy atom. The average Bonchev–Trinajstić information content (AvgIpc) is 3.33. The minimum absolute atomic E-state index is 0.0138. The zero-order chi connectivity index (χ0) is 19.0. The van der Waals surface area contributed by atoms with Crippen molar-refractivity contribution in [3.63, 3.8) is 0 Å². The van der Waals surface area contributed by atoms with E-state index in [0.29, 0.717) is 37.0 Å². The first kappa shape index (κ1) is 17.8. The molecule has 1 aromatic carbocycles. The highest BCUT2D eigenvalue weighted by molar-refractivity contribution is 5.84. The fourth-order valence-electron chi connectivity index (χ4n) is 4.27. The molecule has 0 aliphatic carbocycles. The maximum atomic E-state index is 13.0. The lowest BCUT2D eigenvalue weighted by Crippen LogP contribution is -2.46. The van der Waals surface area contributed by atoms with Crippen LogP contribution < -0.4 is 5.76 Å². The lowest BCUT2D eigenvalue weighted by molar-refractivity contribution is -0.141. The van der Waals surface area contributed by atoms with E-state index in [4.69, 9.17) is 4.42 Å². The quantitative estimate of drug-likeness (QED) is 0.827. The first-order chi connectivity index (χ1) is 13.1. The SMILES string of the molecule is CC(C(=O)N1CCC(C(=O)N2CCCC2)CC1)n1c(=O)oc2ccccc21. The minimum Gasteiger partial charge on any atom is -0.408 e. The van der Waals surface area contributed by atoms with Gasteiger partial charge in [-0.1, -0.05) is 12.1 Å². The zero-order valence-corrected chi connectivity index (χ0v) is 15.6. The van der Waals surface area contributed by atoms with Crippen LogP contribution in [0.4, 0.5) is 0 Å². The number of hydrogen-bond donors (Lipinski definition) is 0. The van der Waals surface area contributed by atoms with Gasteiger partial charge in [-0.2, -0.15) is 0 Å². The predicted molar refractivity (Wildman–Crippen MR) is 100 cm³/mol. The van der Waals surface area contributed by atoms with Crippen LogP contribution in [-0.4, -0.2) is 52.4 Å². The number of piperidine rings is 1. The predicted octanol–water partition coefficient (Wildman–Crippen LogP) is 2.02. The van der Waals surface area contributed by atoms with Crippen LogP contribution in [0, 0.1) is 5.92 Å². The molecule has 7 nitrogen and oxygen atoms in total. The maximum Gasteiger partial charge on any atom is 0.420 e. The van der Waals surface area contributed by atoms with E-state index in [1.807, 2.05) is 11.0 Å². The molecule has 2 aliphatic rings. The Bertz CT molecular complexity index is 901. The van der Waals surface area contributed by atoms with E-state index in [0.717, 1.165) is 25.9 Å². The second kappa shape index (κ2) is 7.21. The van der Waals surface area contributed by atoms with Crippen LogP contribution in [0.1, 0.15) is 38.6 Å². The summed E-state index contributed by atoms with van der Waals surface area (Å²) in [5, 5.41) is 0. The number of fused-ring (bicyclic) bond motifs is 1. The molecule has 1 atom stereocenters. The number of benzene rings is 1. The number of carbonyl (C=O) groups excluding carboxylic acids is 2. The third-order valence-corrected chi connectivity index (χ3v) is 5.84. The van der Waals surface area contributed by atoms with E-state index < -0.39 is 11.8 Å². The van der Waals surface area contributed by atoms with E-state index >= 15 is 0 Å². The van der Waals surface area contributed by atoms with Crippen molar-refractivity contribution in [2.24, 2.45) is 5.92 Å². The number of nitrogens with zero attached hydrogens (tertiary/aromatic N) is 3. The van der Waals surface area contributed by atoms with Gasteiger partial charge in [-0.3, -0.25) is 14.2 Å². The van der Waals surface area contributed by atoms with E-state index in [2.05, 4.69) is 0 Å². The van der Waals surface area contributed by atoms with E-state index in [-0.39, 0.29) is 17.7 Å². The summed E-state index contributed by atoms with van der Waals surface area (Å²) in [6.45, 7) is 4.57. The molecule has 0 radical (unpaired) electrons. The lowest BCUT2D eigenvalue weighted by atomic mass is 9.95. The Balaban J connectivity index is 1.43. The van der Waals surface area contributed by atoms with Crippen molar-refractivity contribution in [3.05, 3.63) is 34.8 Å². The van der Waals surface area contributed by atoms with E-state index in [9.17, 15) is 14.4 Å². The Morgan fingerprint density at radius 2 is 1.70 bits per heavy atom. The van der Waals surface area contributed by atoms with Gasteiger partial charge in [0.05, 0.1) is 5.52 Å². The summed E-state index contributed by atoms with van der Waals surface area (Å²) in [6, 6.07) is 6.49. The van der Waals surface area contributed by atoms with Crippen molar-refractivity contribution in [3.8, 4) is 0 Å². The highest BCUT2D eigenvalue weighted by Gasteiger charge is 2.33. The van der Waals surface area contributed by atoms with Gasteiger partial charge >= 0.3 is 5.76 Å². The summed E-state index contributed by atoms with van der Waals surface area (Å²) in [5.74, 6) is -0.364. The second-order valence-corrected chi connectivity index (χ2v) is 7.51. The van der Waals surface area contributed by atoms with Crippen molar-refractivity contribution in [2.75, 3.05) is 26.2 Å². The lowest BCUT2D eigenvalue weighted by Gasteiger charge is -2.34. The molecule has 2 aromatic rings. The van der Waals surface area contributed by atoms with Crippen LogP contribution in [-0.2, 0) is 9.59 Å². The third-order valence-electron chi connectivity index (χ3n) is 5.84. The number of carbonyl (C=O) groups is 2. The second-order valence-electron chi connectivity index (χ2n) is 7.51. The van der Waals surface area contributed by atoms with E-state index in [1.165, 1.54) is 4.57 Å². The smallest absolute Gasteiger partial charge is 0.408 e. The molecule has 2 fully saturated rings. The molecule has 27 heavy (non-hydrogen) atoms. The molecule has 2 aliphatic heterocycles. The minimum atomic E-state index is -0.632. The Labute approximate surface area is 157 Å². The first-order valence-electron chi connectivity index (χ1n) is 9.74. The molecule has 2 saturated heterocycles. The topological polar surface area (TPSA) is 75.8 Å². The summed E-state index contributed by atoms with van der Waals surface area (Å²) in [5.41, 5.74) is 1.11. The van der Waals surface area contributed by atoms with Crippen molar-refractivity contribution in [2.45, 2.75) is 38.6 Å². The average molecular weight is 371 g/mol. The van der Waals surface area contributed by atoms with Gasteiger partial charge in [0.15, 0.2) is 5.58 Å². The molecular weight excluding hydrogens is 346 g/mol. The molecule has 7 heteroatoms. The van der Waals surface area contributed by atoms with Gasteiger partial charge in [-0.15, -0.1) is 0 Å². The molecule has 3 heterocycles. The Hall–Kier alpha value is -2.57. The number of likely N-dealkylation sites (tertiary alicyclic amines) is 2. The number of rotatable bonds is 3. The van der Waals surface area contributed by atoms with Gasteiger partial charge in [0.1, 0.15) is 6.04 Å². The van der Waals surface area contributed by atoms with E-state index in [1.54, 1.807) is 30.0 Å². The normalized spacial score (nSPS) is 19.6. The Morgan fingerprint density at radius 1 is 1.04 bits per heavy atom. The summed E-state index contributed by atoms with van der Waals surface area (Å²) < 4.78 is 6.67. The maximum absolute atomic E-state index is 13.0. The van der Waals surface area contributed by atoms with Gasteiger partial charge in [0.25, 0.3) is 0 Å². The molecule has 144 valence electrons. The van der Waals surface area contributed by atoms with Gasteiger partial charge in [-0.25, -0.2) is 4.79 Å². The first-order valence-corrected chi connectivity index (χ1v) is 9.74. The summed E-state index contributed by atoms with van der Waals surface area (Å²) >= 11 is 0. The van der Waals surface area contributed by atoms with Gasteiger partial charge in [-0.05, 0) is 44.7 Å². The molecule has 0 bridgehead atoms. The molecule has 4 rings (SSSR count). The molecule has 0 N–H and O–H groups in total. The van der Waals surface area contributed by atoms with Crippen molar-refractivity contribution in [1.29, 1.82) is 0 Å². The van der Waals surface area contributed by atoms with Crippen molar-refractivity contribution < 1.29 is 14.0 Å². The number of aromatic nitrogens is 1. The molecule has 2 amide bonds. The zero-order valence-electron chi connectivity index (χ0n) is 15.6. The van der Waals surface area contributed by atoms with Crippen molar-refractivity contribution >= 4 is 22.9 Å². The number of amides is 2. The van der Waals surface area contributed by atoms with Crippen molar-refractivity contribution in [1.82, 2.24) is 14.4 Å². The van der Waals surface area contributed by atoms with Crippen LogP contribution >= 0.6 is 0 Å². The molecular formula is C20H25N3O4. The Kier molecular flexibility index (Phi) is 4.76. The molecule has 1 aromatic heterocycles. The largest absolute Gasteiger partial charge is 0.420 e. The van der Waals surface area contributed by atoms with Crippen LogP contribution in [0.3, 0.4) is 0 Å². The summed E-state index contributed by atoms with van der Waals surface area (Å²) in [4.78, 5) is 41.5. The van der Waals surface area contributed by atoms with Crippen LogP contribution in [0.25, 0.3) is 11.1 Å². The molecule has 1 unspecified atom stereocenters. The highest BCUT2D eigenvalue weighted by atomic mass is 16.4. The van der Waals surface area contributed by atoms with Gasteiger partial charge < -0.3 is 14.2 Å². The van der Waals surface area contributed by atoms with Crippen LogP contribution in [0.2, 0.25) is 0 Å². The number of oxazole rings is 1. The van der Waals surface area contributed by atoms with Gasteiger partial charge in [0.2, 0.25) is 11.8 Å². The fourth-order valence-corrected chi connectivity index (χ4v) is 4.27. The monoisotopic (exact) mass is 371 g/mol. The van der Waals surface area contributed by atoms with Crippen LogP contribution in [0.15, 0.2) is 33.5 Å². The molecule has 0 saturated carbocycles. The number of hydrogen-bond acceptors (Lipinski definition) is 4. The highest BCUT2D eigenvalue weighted by Crippen LogP contribution is 2.24. The van der Waals surface area contributed by atoms with Crippen LogP contribution in [0.5, 0.6) is 0 Å². The van der Waals surface area contributed by atoms with Gasteiger partial charge in [0, 0.05) is 32.1 Å². The number of para-hydroxylation sites is 2. The summed E-state index contributed by atoms with van der Waals surface area (Å²) in [6.07, 6.45) is 3.56. The molecule has 0 spiro atoms. The fraction of sp³-hybridized carbons (Fsp3) is 0.550.